The quantitative estimate of drug-likeness (QED) is 0.107. The van der Waals surface area contributed by atoms with Gasteiger partial charge in [-0.2, -0.15) is 0 Å². The van der Waals surface area contributed by atoms with E-state index in [1.165, 1.54) is 86.6 Å². The van der Waals surface area contributed by atoms with Crippen LogP contribution in [0.1, 0.15) is 0 Å². The molecular formula is C60H42N2Si. The van der Waals surface area contributed by atoms with Crippen molar-refractivity contribution in [2.24, 2.45) is 0 Å². The number of para-hydroxylation sites is 4. The van der Waals surface area contributed by atoms with Crippen LogP contribution in [0.5, 0.6) is 0 Å². The van der Waals surface area contributed by atoms with E-state index >= 15 is 0 Å². The van der Waals surface area contributed by atoms with Gasteiger partial charge in [0, 0.05) is 27.1 Å². The second kappa shape index (κ2) is 15.2. The Hall–Kier alpha value is -7.98. The minimum Gasteiger partial charge on any atom is -0.307 e. The van der Waals surface area contributed by atoms with Crippen LogP contribution in [0.25, 0.3) is 77.2 Å². The zero-order valence-corrected chi connectivity index (χ0v) is 35.6. The topological polar surface area (TPSA) is 9.86 Å². The third-order valence-electron chi connectivity index (χ3n) is 13.1. The fourth-order valence-corrected chi connectivity index (χ4v) is 15.1. The van der Waals surface area contributed by atoms with Crippen LogP contribution in [0, 0.1) is 0 Å². The largest absolute Gasteiger partial charge is 0.307 e. The van der Waals surface area contributed by atoms with Gasteiger partial charge in [-0.25, -0.2) is 0 Å². The van der Waals surface area contributed by atoms with Crippen LogP contribution in [0.3, 0.4) is 0 Å². The Balaban J connectivity index is 1.14. The summed E-state index contributed by atoms with van der Waals surface area (Å²) in [6, 6.07) is 94.2. The molecule has 0 radical (unpaired) electrons. The van der Waals surface area contributed by atoms with Crippen LogP contribution in [0.15, 0.2) is 255 Å². The molecule has 0 saturated carbocycles. The van der Waals surface area contributed by atoms with Gasteiger partial charge in [-0.15, -0.1) is 0 Å². The molecule has 63 heavy (non-hydrogen) atoms. The van der Waals surface area contributed by atoms with Crippen molar-refractivity contribution < 1.29 is 0 Å². The van der Waals surface area contributed by atoms with Crippen molar-refractivity contribution >= 4 is 72.4 Å². The van der Waals surface area contributed by atoms with E-state index in [1.54, 1.807) is 0 Å². The van der Waals surface area contributed by atoms with Gasteiger partial charge in [0.25, 0.3) is 0 Å². The Morgan fingerprint density at radius 2 is 0.714 bits per heavy atom. The number of nitrogens with zero attached hydrogens (tertiary/aromatic N) is 2. The van der Waals surface area contributed by atoms with E-state index in [4.69, 9.17) is 0 Å². The highest BCUT2D eigenvalue weighted by Gasteiger charge is 2.41. The highest BCUT2D eigenvalue weighted by molar-refractivity contribution is 7.20. The smallest absolute Gasteiger partial charge is 0.179 e. The molecule has 12 aromatic rings. The molecule has 2 nitrogen and oxygen atoms in total. The molecule has 0 aliphatic carbocycles. The summed E-state index contributed by atoms with van der Waals surface area (Å²) in [6.07, 6.45) is 0. The first-order valence-corrected chi connectivity index (χ1v) is 23.8. The molecule has 0 aliphatic rings. The van der Waals surface area contributed by atoms with E-state index in [9.17, 15) is 0 Å². The first kappa shape index (κ1) is 36.8. The predicted octanol–water partition coefficient (Wildman–Crippen LogP) is 12.6. The number of hydrogen-bond donors (Lipinski definition) is 0. The minimum absolute atomic E-state index is 1.15. The van der Waals surface area contributed by atoms with Gasteiger partial charge in [0.2, 0.25) is 0 Å². The van der Waals surface area contributed by atoms with Gasteiger partial charge >= 0.3 is 0 Å². The molecule has 0 bridgehead atoms. The lowest BCUT2D eigenvalue weighted by atomic mass is 9.98. The fourth-order valence-electron chi connectivity index (χ4n) is 10.4. The maximum Gasteiger partial charge on any atom is 0.179 e. The molecule has 3 heteroatoms. The second-order valence-electron chi connectivity index (χ2n) is 16.4. The molecule has 0 aliphatic heterocycles. The van der Waals surface area contributed by atoms with Crippen LogP contribution in [0.2, 0.25) is 0 Å². The molecule has 0 saturated heterocycles. The summed E-state index contributed by atoms with van der Waals surface area (Å²) in [4.78, 5) is 0. The molecule has 10 aromatic carbocycles. The van der Waals surface area contributed by atoms with Gasteiger partial charge in [0.1, 0.15) is 0 Å². The lowest BCUT2D eigenvalue weighted by Crippen LogP contribution is -2.74. The van der Waals surface area contributed by atoms with Gasteiger partial charge in [-0.3, -0.25) is 0 Å². The number of aromatic nitrogens is 2. The van der Waals surface area contributed by atoms with Crippen LogP contribution < -0.4 is 20.7 Å². The molecule has 296 valence electrons. The first-order chi connectivity index (χ1) is 31.3. The Morgan fingerprint density at radius 3 is 1.38 bits per heavy atom. The molecular weight excluding hydrogens is 777 g/mol. The van der Waals surface area contributed by atoms with Crippen molar-refractivity contribution in [1.82, 2.24) is 9.13 Å². The van der Waals surface area contributed by atoms with E-state index in [-0.39, 0.29) is 0 Å². The first-order valence-electron chi connectivity index (χ1n) is 21.8. The van der Waals surface area contributed by atoms with Gasteiger partial charge in [-0.05, 0) is 73.8 Å². The standard InChI is InChI=1S/C60H42N2Si/c1-5-21-43(22-6-1)44-23-19-24-45(41-44)50-31-13-16-35-55(50)62-57-37-18-14-32-51(57)53-34-20-38-59(60(53)62)61-56-36-17-15-33-52(56)54-42-49(39-40-58(54)61)63(46-25-7-2-8-26-46,47-27-9-3-10-28-47)48-29-11-4-12-30-48/h1-42H. The van der Waals surface area contributed by atoms with Crippen molar-refractivity contribution in [3.05, 3.63) is 255 Å². The Bertz CT molecular complexity index is 3510. The predicted molar refractivity (Wildman–Crippen MR) is 270 cm³/mol. The van der Waals surface area contributed by atoms with E-state index in [2.05, 4.69) is 264 Å². The Kier molecular flexibility index (Phi) is 8.87. The number of benzene rings is 10. The number of fused-ring (bicyclic) bond motifs is 6. The zero-order chi connectivity index (χ0) is 41.7. The van der Waals surface area contributed by atoms with E-state index in [0.29, 0.717) is 0 Å². The van der Waals surface area contributed by atoms with Crippen molar-refractivity contribution in [3.8, 4) is 33.6 Å². The highest BCUT2D eigenvalue weighted by Crippen LogP contribution is 2.41. The lowest BCUT2D eigenvalue weighted by Gasteiger charge is -2.34. The molecule has 0 atom stereocenters. The van der Waals surface area contributed by atoms with E-state index in [1.807, 2.05) is 0 Å². The molecule has 0 spiro atoms. The van der Waals surface area contributed by atoms with Crippen molar-refractivity contribution in [2.75, 3.05) is 0 Å². The Labute approximate surface area is 368 Å². The van der Waals surface area contributed by atoms with Crippen LogP contribution >= 0.6 is 0 Å². The summed E-state index contributed by atoms with van der Waals surface area (Å²) < 4.78 is 5.03. The summed E-state index contributed by atoms with van der Waals surface area (Å²) in [5.41, 5.74) is 11.8. The second-order valence-corrected chi connectivity index (χ2v) is 20.2. The minimum atomic E-state index is -2.77. The zero-order valence-electron chi connectivity index (χ0n) is 34.6. The van der Waals surface area contributed by atoms with Gasteiger partial charge < -0.3 is 9.13 Å². The molecule has 2 aromatic heterocycles. The molecule has 2 heterocycles. The SMILES string of the molecule is c1ccc(-c2cccc(-c3ccccc3-n3c4ccccc4c4cccc(-n5c6ccccc6c6cc([Si](c7ccccc7)(c7ccccc7)c7ccccc7)ccc65)c43)c2)cc1. The summed E-state index contributed by atoms with van der Waals surface area (Å²) in [5, 5.41) is 10.4. The molecule has 12 rings (SSSR count). The summed E-state index contributed by atoms with van der Waals surface area (Å²) in [6.45, 7) is 0. The van der Waals surface area contributed by atoms with E-state index < -0.39 is 8.07 Å². The van der Waals surface area contributed by atoms with Crippen molar-refractivity contribution in [2.45, 2.75) is 0 Å². The molecule has 0 unspecified atom stereocenters. The fraction of sp³-hybridized carbons (Fsp3) is 0. The monoisotopic (exact) mass is 818 g/mol. The number of hydrogen-bond acceptors (Lipinski definition) is 0. The average Bonchev–Trinajstić information content (AvgIpc) is 3.88. The van der Waals surface area contributed by atoms with Crippen molar-refractivity contribution in [1.29, 1.82) is 0 Å². The Morgan fingerprint density at radius 1 is 0.254 bits per heavy atom. The summed E-state index contributed by atoms with van der Waals surface area (Å²) >= 11 is 0. The summed E-state index contributed by atoms with van der Waals surface area (Å²) in [5.74, 6) is 0. The average molecular weight is 819 g/mol. The highest BCUT2D eigenvalue weighted by atomic mass is 28.3. The van der Waals surface area contributed by atoms with Crippen LogP contribution in [-0.4, -0.2) is 17.2 Å². The molecule has 0 amide bonds. The third-order valence-corrected chi connectivity index (χ3v) is 17.8. The molecule has 0 N–H and O–H groups in total. The van der Waals surface area contributed by atoms with Gasteiger partial charge in [-0.1, -0.05) is 218 Å². The third kappa shape index (κ3) is 5.85. The van der Waals surface area contributed by atoms with Crippen LogP contribution in [0.4, 0.5) is 0 Å². The maximum atomic E-state index is 2.53. The van der Waals surface area contributed by atoms with Gasteiger partial charge in [0.05, 0.1) is 33.4 Å². The van der Waals surface area contributed by atoms with Gasteiger partial charge in [0.15, 0.2) is 8.07 Å². The van der Waals surface area contributed by atoms with Crippen LogP contribution in [-0.2, 0) is 0 Å². The summed E-state index contributed by atoms with van der Waals surface area (Å²) in [7, 11) is -2.77. The maximum absolute atomic E-state index is 2.77. The lowest BCUT2D eigenvalue weighted by molar-refractivity contribution is 1.13. The van der Waals surface area contributed by atoms with Crippen molar-refractivity contribution in [3.63, 3.8) is 0 Å². The normalized spacial score (nSPS) is 11.8. The number of rotatable bonds is 8. The van der Waals surface area contributed by atoms with E-state index in [0.717, 1.165) is 11.4 Å². The molecule has 0 fully saturated rings.